The molecule has 0 amide bonds. The first kappa shape index (κ1) is 9.90. The van der Waals surface area contributed by atoms with Gasteiger partial charge in [-0.2, -0.15) is 0 Å². The summed E-state index contributed by atoms with van der Waals surface area (Å²) in [7, 11) is 0. The van der Waals surface area contributed by atoms with Gasteiger partial charge < -0.3 is 5.32 Å². The molecule has 1 aliphatic heterocycles. The maximum absolute atomic E-state index is 4.34. The molecule has 0 saturated carbocycles. The molecule has 70 valence electrons. The Bertz CT molecular complexity index is 175. The molecule has 0 bridgehead atoms. The van der Waals surface area contributed by atoms with E-state index in [1.165, 1.54) is 6.42 Å². The van der Waals surface area contributed by atoms with Crippen molar-refractivity contribution in [3.05, 3.63) is 0 Å². The third kappa shape index (κ3) is 3.05. The van der Waals surface area contributed by atoms with Crippen LogP contribution in [0.4, 0.5) is 0 Å². The fourth-order valence-electron chi connectivity index (χ4n) is 0.882. The summed E-state index contributed by atoms with van der Waals surface area (Å²) in [5.74, 6) is 1.15. The minimum absolute atomic E-state index is 0.395. The monoisotopic (exact) mass is 186 g/mol. The molecule has 0 spiro atoms. The van der Waals surface area contributed by atoms with Crippen LogP contribution in [0.5, 0.6) is 0 Å². The van der Waals surface area contributed by atoms with Crippen molar-refractivity contribution in [2.24, 2.45) is 10.4 Å². The van der Waals surface area contributed by atoms with Crippen LogP contribution in [-0.4, -0.2) is 24.0 Å². The quantitative estimate of drug-likeness (QED) is 0.730. The molecule has 0 saturated heterocycles. The van der Waals surface area contributed by atoms with Gasteiger partial charge in [-0.3, -0.25) is 4.99 Å². The van der Waals surface area contributed by atoms with Crippen LogP contribution in [0.25, 0.3) is 0 Å². The summed E-state index contributed by atoms with van der Waals surface area (Å²) in [5.41, 5.74) is 0.395. The van der Waals surface area contributed by atoms with Crippen molar-refractivity contribution in [1.29, 1.82) is 0 Å². The predicted molar refractivity (Wildman–Crippen MR) is 56.8 cm³/mol. The van der Waals surface area contributed by atoms with E-state index in [-0.39, 0.29) is 0 Å². The van der Waals surface area contributed by atoms with Gasteiger partial charge in [0.2, 0.25) is 0 Å². The smallest absolute Gasteiger partial charge is 0.156 e. The van der Waals surface area contributed by atoms with E-state index in [0.717, 1.165) is 24.0 Å². The number of thioether (sulfide) groups is 1. The van der Waals surface area contributed by atoms with E-state index in [0.29, 0.717) is 5.41 Å². The van der Waals surface area contributed by atoms with Crippen molar-refractivity contribution in [2.75, 3.05) is 18.8 Å². The Labute approximate surface area is 79.2 Å². The van der Waals surface area contributed by atoms with Crippen LogP contribution in [0.1, 0.15) is 27.2 Å². The molecular formula is C9H18N2S. The Morgan fingerprint density at radius 3 is 2.83 bits per heavy atom. The largest absolute Gasteiger partial charge is 0.364 e. The summed E-state index contributed by atoms with van der Waals surface area (Å²) in [6.07, 6.45) is 1.21. The third-order valence-corrected chi connectivity index (χ3v) is 3.19. The summed E-state index contributed by atoms with van der Waals surface area (Å²) in [5, 5.41) is 4.52. The normalized spacial score (nSPS) is 17.8. The van der Waals surface area contributed by atoms with E-state index < -0.39 is 0 Å². The number of amidine groups is 1. The van der Waals surface area contributed by atoms with E-state index >= 15 is 0 Å². The maximum atomic E-state index is 4.34. The van der Waals surface area contributed by atoms with Gasteiger partial charge in [0.05, 0.1) is 6.54 Å². The second kappa shape index (κ2) is 4.17. The molecule has 1 heterocycles. The summed E-state index contributed by atoms with van der Waals surface area (Å²) in [4.78, 5) is 4.34. The number of aliphatic imine (C=N–C) groups is 1. The van der Waals surface area contributed by atoms with Crippen molar-refractivity contribution in [2.45, 2.75) is 27.2 Å². The van der Waals surface area contributed by atoms with Gasteiger partial charge in [0.25, 0.3) is 0 Å². The summed E-state index contributed by atoms with van der Waals surface area (Å²) < 4.78 is 0. The number of hydrogen-bond donors (Lipinski definition) is 1. The minimum Gasteiger partial charge on any atom is -0.364 e. The lowest BCUT2D eigenvalue weighted by Gasteiger charge is -2.23. The number of nitrogens with one attached hydrogen (secondary N) is 1. The lowest BCUT2D eigenvalue weighted by atomic mass is 9.90. The first-order chi connectivity index (χ1) is 5.64. The molecule has 1 N–H and O–H groups in total. The van der Waals surface area contributed by atoms with Gasteiger partial charge in [-0.15, -0.1) is 0 Å². The summed E-state index contributed by atoms with van der Waals surface area (Å²) in [6.45, 7) is 8.81. The van der Waals surface area contributed by atoms with Gasteiger partial charge in [0.1, 0.15) is 0 Å². The third-order valence-electron chi connectivity index (χ3n) is 2.26. The highest BCUT2D eigenvalue weighted by Crippen LogP contribution is 2.19. The fourth-order valence-corrected chi connectivity index (χ4v) is 1.61. The van der Waals surface area contributed by atoms with Gasteiger partial charge in [0.15, 0.2) is 5.17 Å². The zero-order valence-electron chi connectivity index (χ0n) is 8.18. The van der Waals surface area contributed by atoms with Gasteiger partial charge in [-0.1, -0.05) is 32.5 Å². The average molecular weight is 186 g/mol. The summed E-state index contributed by atoms with van der Waals surface area (Å²) >= 11 is 1.83. The Morgan fingerprint density at radius 2 is 2.33 bits per heavy atom. The molecule has 3 heteroatoms. The van der Waals surface area contributed by atoms with Crippen LogP contribution in [0.3, 0.4) is 0 Å². The van der Waals surface area contributed by atoms with E-state index in [9.17, 15) is 0 Å². The van der Waals surface area contributed by atoms with Gasteiger partial charge >= 0.3 is 0 Å². The lowest BCUT2D eigenvalue weighted by molar-refractivity contribution is 0.350. The zero-order valence-corrected chi connectivity index (χ0v) is 9.00. The second-order valence-corrected chi connectivity index (χ2v) is 4.99. The molecule has 0 aliphatic carbocycles. The molecule has 1 rings (SSSR count). The lowest BCUT2D eigenvalue weighted by Crippen LogP contribution is -2.31. The Kier molecular flexibility index (Phi) is 3.44. The van der Waals surface area contributed by atoms with Crippen LogP contribution in [0.2, 0.25) is 0 Å². The van der Waals surface area contributed by atoms with E-state index in [1.54, 1.807) is 0 Å². The van der Waals surface area contributed by atoms with Crippen molar-refractivity contribution in [3.8, 4) is 0 Å². The molecule has 0 aromatic rings. The average Bonchev–Trinajstić information content (AvgIpc) is 2.53. The van der Waals surface area contributed by atoms with Crippen molar-refractivity contribution >= 4 is 16.9 Å². The van der Waals surface area contributed by atoms with Crippen LogP contribution >= 0.6 is 11.8 Å². The van der Waals surface area contributed by atoms with E-state index in [4.69, 9.17) is 0 Å². The van der Waals surface area contributed by atoms with Crippen LogP contribution < -0.4 is 5.32 Å². The molecule has 2 nitrogen and oxygen atoms in total. The topological polar surface area (TPSA) is 24.4 Å². The second-order valence-electron chi connectivity index (χ2n) is 3.91. The number of nitrogens with zero attached hydrogens (tertiary/aromatic N) is 1. The Balaban J connectivity index is 2.24. The van der Waals surface area contributed by atoms with E-state index in [1.807, 2.05) is 11.8 Å². The number of rotatable bonds is 3. The van der Waals surface area contributed by atoms with E-state index in [2.05, 4.69) is 31.1 Å². The molecule has 0 aromatic carbocycles. The zero-order chi connectivity index (χ0) is 9.03. The van der Waals surface area contributed by atoms with Crippen LogP contribution in [-0.2, 0) is 0 Å². The molecular weight excluding hydrogens is 168 g/mol. The highest BCUT2D eigenvalue weighted by atomic mass is 32.2. The first-order valence-electron chi connectivity index (χ1n) is 4.55. The Morgan fingerprint density at radius 1 is 1.58 bits per heavy atom. The molecule has 1 aliphatic rings. The molecule has 12 heavy (non-hydrogen) atoms. The van der Waals surface area contributed by atoms with Crippen molar-refractivity contribution < 1.29 is 0 Å². The van der Waals surface area contributed by atoms with Crippen molar-refractivity contribution in [1.82, 2.24) is 5.32 Å². The highest BCUT2D eigenvalue weighted by molar-refractivity contribution is 8.14. The number of hydrogen-bond acceptors (Lipinski definition) is 3. The minimum atomic E-state index is 0.395. The standard InChI is InChI=1S/C9H18N2S/c1-4-9(2,3)7-11-8-10-5-6-12-8/h4-7H2,1-3H3,(H,10,11). The molecule has 0 fully saturated rings. The van der Waals surface area contributed by atoms with Crippen LogP contribution in [0.15, 0.2) is 4.99 Å². The fraction of sp³-hybridized carbons (Fsp3) is 0.889. The molecule has 0 unspecified atom stereocenters. The highest BCUT2D eigenvalue weighted by Gasteiger charge is 2.16. The SMILES string of the molecule is CCC(C)(C)CNC1=NCCS1. The van der Waals surface area contributed by atoms with Crippen LogP contribution in [0, 0.1) is 5.41 Å². The molecule has 0 aromatic heterocycles. The predicted octanol–water partition coefficient (Wildman–Crippen LogP) is 2.12. The van der Waals surface area contributed by atoms with Gasteiger partial charge in [0, 0.05) is 12.3 Å². The molecule has 0 radical (unpaired) electrons. The summed E-state index contributed by atoms with van der Waals surface area (Å²) in [6, 6.07) is 0. The maximum Gasteiger partial charge on any atom is 0.156 e. The molecule has 0 atom stereocenters. The van der Waals surface area contributed by atoms with Gasteiger partial charge in [-0.05, 0) is 11.8 Å². The van der Waals surface area contributed by atoms with Gasteiger partial charge in [-0.25, -0.2) is 0 Å². The van der Waals surface area contributed by atoms with Crippen molar-refractivity contribution in [3.63, 3.8) is 0 Å². The Hall–Kier alpha value is -0.180. The first-order valence-corrected chi connectivity index (χ1v) is 5.54.